The maximum absolute atomic E-state index is 14.8. The molecule has 0 unspecified atom stereocenters. The van der Waals surface area contributed by atoms with Crippen molar-refractivity contribution < 1.29 is 18.0 Å². The Morgan fingerprint density at radius 2 is 1.63 bits per heavy atom. The lowest BCUT2D eigenvalue weighted by atomic mass is 9.92. The molecule has 0 radical (unpaired) electrons. The highest BCUT2D eigenvalue weighted by atomic mass is 19.2. The maximum atomic E-state index is 14.8. The number of carbonyl (C=O) groups excluding carboxylic acids is 1. The van der Waals surface area contributed by atoms with E-state index in [-0.39, 0.29) is 22.8 Å². The van der Waals surface area contributed by atoms with Gasteiger partial charge in [0.2, 0.25) is 5.82 Å². The van der Waals surface area contributed by atoms with Crippen molar-refractivity contribution in [2.75, 3.05) is 0 Å². The zero-order chi connectivity index (χ0) is 21.4. The summed E-state index contributed by atoms with van der Waals surface area (Å²) in [7, 11) is 0. The first-order valence-electron chi connectivity index (χ1n) is 8.92. The second-order valence-corrected chi connectivity index (χ2v) is 6.70. The molecule has 1 heterocycles. The third-order valence-electron chi connectivity index (χ3n) is 4.68. The summed E-state index contributed by atoms with van der Waals surface area (Å²) >= 11 is 0. The lowest BCUT2D eigenvalue weighted by Gasteiger charge is -2.13. The van der Waals surface area contributed by atoms with Crippen molar-refractivity contribution in [2.45, 2.75) is 6.92 Å². The molecule has 0 bridgehead atoms. The van der Waals surface area contributed by atoms with E-state index in [1.807, 2.05) is 0 Å². The van der Waals surface area contributed by atoms with Gasteiger partial charge in [0.05, 0.1) is 0 Å². The second-order valence-electron chi connectivity index (χ2n) is 6.70. The summed E-state index contributed by atoms with van der Waals surface area (Å²) in [5.41, 5.74) is 7.42. The van der Waals surface area contributed by atoms with Crippen LogP contribution in [0, 0.1) is 24.4 Å². The van der Waals surface area contributed by atoms with Crippen LogP contribution in [0.4, 0.5) is 13.2 Å². The van der Waals surface area contributed by atoms with Crippen molar-refractivity contribution in [1.82, 2.24) is 15.2 Å². The van der Waals surface area contributed by atoms with Crippen LogP contribution in [-0.4, -0.2) is 21.1 Å². The fourth-order valence-electron chi connectivity index (χ4n) is 3.22. The monoisotopic (exact) mass is 408 g/mol. The van der Waals surface area contributed by atoms with Gasteiger partial charge in [-0.15, -0.1) is 0 Å². The molecule has 5 nitrogen and oxygen atoms in total. The van der Waals surface area contributed by atoms with E-state index < -0.39 is 23.4 Å². The van der Waals surface area contributed by atoms with Crippen LogP contribution < -0.4 is 5.73 Å². The van der Waals surface area contributed by atoms with E-state index in [1.165, 1.54) is 31.2 Å². The van der Waals surface area contributed by atoms with Gasteiger partial charge in [0.25, 0.3) is 5.91 Å². The molecule has 0 atom stereocenters. The Morgan fingerprint density at radius 3 is 2.30 bits per heavy atom. The van der Waals surface area contributed by atoms with Gasteiger partial charge in [-0.2, -0.15) is 5.10 Å². The summed E-state index contributed by atoms with van der Waals surface area (Å²) in [6.45, 7) is 1.46. The molecule has 0 saturated carbocycles. The Hall–Kier alpha value is -3.94. The molecule has 150 valence electrons. The van der Waals surface area contributed by atoms with Crippen LogP contribution >= 0.6 is 0 Å². The standard InChI is InChI=1S/C22H15F3N4O/c1-11-8-13(10-18(24)19(11)25)14-4-2-3-5-15(14)16-9-12(6-7-17(16)23)21-27-22(20(26)30)29-28-21/h2-10H,1H3,(H2,26,30)(H,27,28,29). The van der Waals surface area contributed by atoms with Crippen molar-refractivity contribution in [2.24, 2.45) is 5.73 Å². The molecule has 4 rings (SSSR count). The lowest BCUT2D eigenvalue weighted by molar-refractivity contribution is 0.0991. The van der Waals surface area contributed by atoms with Gasteiger partial charge in [0.1, 0.15) is 5.82 Å². The lowest BCUT2D eigenvalue weighted by Crippen LogP contribution is -2.12. The molecular weight excluding hydrogens is 393 g/mol. The predicted octanol–water partition coefficient (Wildman–Crippen LogP) is 4.63. The number of amides is 1. The average molecular weight is 408 g/mol. The number of nitrogens with two attached hydrogens (primary N) is 1. The second kappa shape index (κ2) is 7.47. The maximum Gasteiger partial charge on any atom is 0.286 e. The summed E-state index contributed by atoms with van der Waals surface area (Å²) in [5.74, 6) is -3.13. The Kier molecular flexibility index (Phi) is 4.83. The highest BCUT2D eigenvalue weighted by molar-refractivity contribution is 5.89. The average Bonchev–Trinajstić information content (AvgIpc) is 3.23. The van der Waals surface area contributed by atoms with E-state index in [0.29, 0.717) is 22.3 Å². The van der Waals surface area contributed by atoms with Crippen molar-refractivity contribution in [3.63, 3.8) is 0 Å². The molecule has 0 aliphatic heterocycles. The number of benzene rings is 3. The van der Waals surface area contributed by atoms with Crippen molar-refractivity contribution in [1.29, 1.82) is 0 Å². The molecule has 0 fully saturated rings. The molecule has 8 heteroatoms. The Labute approximate surface area is 169 Å². The van der Waals surface area contributed by atoms with E-state index in [9.17, 15) is 18.0 Å². The highest BCUT2D eigenvalue weighted by Crippen LogP contribution is 2.36. The molecule has 1 amide bonds. The fraction of sp³-hybridized carbons (Fsp3) is 0.0455. The van der Waals surface area contributed by atoms with Crippen molar-refractivity contribution in [3.8, 4) is 33.6 Å². The molecule has 30 heavy (non-hydrogen) atoms. The number of carbonyl (C=O) groups is 1. The number of H-pyrrole nitrogens is 1. The Bertz CT molecular complexity index is 1260. The van der Waals surface area contributed by atoms with Crippen molar-refractivity contribution >= 4 is 5.91 Å². The minimum absolute atomic E-state index is 0.117. The number of nitrogens with zero attached hydrogens (tertiary/aromatic N) is 2. The van der Waals surface area contributed by atoms with Gasteiger partial charge in [-0.25, -0.2) is 18.2 Å². The third kappa shape index (κ3) is 3.43. The highest BCUT2D eigenvalue weighted by Gasteiger charge is 2.17. The van der Waals surface area contributed by atoms with Crippen LogP contribution in [0.2, 0.25) is 0 Å². The van der Waals surface area contributed by atoms with Crippen molar-refractivity contribution in [3.05, 3.63) is 83.4 Å². The topological polar surface area (TPSA) is 84.7 Å². The number of aromatic nitrogens is 3. The molecule has 3 N–H and O–H groups in total. The van der Waals surface area contributed by atoms with E-state index in [4.69, 9.17) is 5.73 Å². The van der Waals surface area contributed by atoms with Gasteiger partial charge in [-0.1, -0.05) is 24.3 Å². The molecule has 0 spiro atoms. The normalized spacial score (nSPS) is 10.9. The van der Waals surface area contributed by atoms with Gasteiger partial charge in [0, 0.05) is 11.1 Å². The number of aromatic amines is 1. The number of hydrogen-bond acceptors (Lipinski definition) is 3. The number of primary amides is 1. The predicted molar refractivity (Wildman–Crippen MR) is 106 cm³/mol. The molecule has 0 saturated heterocycles. The van der Waals surface area contributed by atoms with Gasteiger partial charge < -0.3 is 5.73 Å². The number of rotatable bonds is 4. The first kappa shape index (κ1) is 19.4. The SMILES string of the molecule is Cc1cc(-c2ccccc2-c2cc(-c3n[nH]c(C(N)=O)n3)ccc2F)cc(F)c1F. The summed E-state index contributed by atoms with van der Waals surface area (Å²) in [4.78, 5) is 15.2. The van der Waals surface area contributed by atoms with E-state index in [1.54, 1.807) is 24.3 Å². The number of nitrogens with one attached hydrogen (secondary N) is 1. The van der Waals surface area contributed by atoms with Crippen LogP contribution in [0.25, 0.3) is 33.6 Å². The van der Waals surface area contributed by atoms with Crippen LogP contribution in [-0.2, 0) is 0 Å². The Balaban J connectivity index is 1.87. The molecule has 0 aliphatic rings. The summed E-state index contributed by atoms with van der Waals surface area (Å²) in [6, 6.07) is 13.7. The molecular formula is C22H15F3N4O. The zero-order valence-corrected chi connectivity index (χ0v) is 15.7. The molecule has 3 aromatic carbocycles. The van der Waals surface area contributed by atoms with E-state index in [0.717, 1.165) is 6.07 Å². The minimum atomic E-state index is -0.978. The number of halogens is 3. The summed E-state index contributed by atoms with van der Waals surface area (Å²) in [6.07, 6.45) is 0. The van der Waals surface area contributed by atoms with Crippen LogP contribution in [0.3, 0.4) is 0 Å². The van der Waals surface area contributed by atoms with E-state index >= 15 is 0 Å². The van der Waals surface area contributed by atoms with Gasteiger partial charge >= 0.3 is 0 Å². The zero-order valence-electron chi connectivity index (χ0n) is 15.7. The smallest absolute Gasteiger partial charge is 0.286 e. The molecule has 1 aromatic heterocycles. The number of aryl methyl sites for hydroxylation is 1. The fourth-order valence-corrected chi connectivity index (χ4v) is 3.22. The van der Waals surface area contributed by atoms with Gasteiger partial charge in [0.15, 0.2) is 17.5 Å². The third-order valence-corrected chi connectivity index (χ3v) is 4.68. The Morgan fingerprint density at radius 1 is 0.900 bits per heavy atom. The van der Waals surface area contributed by atoms with E-state index in [2.05, 4.69) is 15.2 Å². The van der Waals surface area contributed by atoms with Gasteiger partial charge in [-0.3, -0.25) is 9.89 Å². The minimum Gasteiger partial charge on any atom is -0.363 e. The van der Waals surface area contributed by atoms with Crippen LogP contribution in [0.1, 0.15) is 16.2 Å². The quantitative estimate of drug-likeness (QED) is 0.516. The number of hydrogen-bond donors (Lipinski definition) is 2. The summed E-state index contributed by atoms with van der Waals surface area (Å²) in [5, 5.41) is 6.36. The largest absolute Gasteiger partial charge is 0.363 e. The van der Waals surface area contributed by atoms with Crippen LogP contribution in [0.15, 0.2) is 54.6 Å². The van der Waals surface area contributed by atoms with Gasteiger partial charge in [-0.05, 0) is 59.5 Å². The molecule has 4 aromatic rings. The van der Waals surface area contributed by atoms with Crippen LogP contribution in [0.5, 0.6) is 0 Å². The summed E-state index contributed by atoms with van der Waals surface area (Å²) < 4.78 is 42.5. The first-order chi connectivity index (χ1) is 14.3. The first-order valence-corrected chi connectivity index (χ1v) is 8.92. The molecule has 0 aliphatic carbocycles.